The summed E-state index contributed by atoms with van der Waals surface area (Å²) in [6, 6.07) is 3.66. The van der Waals surface area contributed by atoms with E-state index in [4.69, 9.17) is 0 Å². The number of hydrogen-bond donors (Lipinski definition) is 2. The van der Waals surface area contributed by atoms with Gasteiger partial charge in [0, 0.05) is 31.5 Å². The van der Waals surface area contributed by atoms with Gasteiger partial charge in [-0.3, -0.25) is 0 Å². The smallest absolute Gasteiger partial charge is 0.242 e. The lowest BCUT2D eigenvalue weighted by atomic mass is 10.4. The van der Waals surface area contributed by atoms with Gasteiger partial charge < -0.3 is 9.88 Å². The fourth-order valence-electron chi connectivity index (χ4n) is 2.02. The maximum absolute atomic E-state index is 12.3. The van der Waals surface area contributed by atoms with E-state index in [1.54, 1.807) is 23.6 Å². The van der Waals surface area contributed by atoms with Gasteiger partial charge in [-0.05, 0) is 41.9 Å². The molecule has 2 aromatic rings. The van der Waals surface area contributed by atoms with E-state index in [1.807, 2.05) is 35.2 Å². The summed E-state index contributed by atoms with van der Waals surface area (Å²) in [7, 11) is -3.47. The Morgan fingerprint density at radius 1 is 1.29 bits per heavy atom. The van der Waals surface area contributed by atoms with E-state index in [1.165, 1.54) is 0 Å². The van der Waals surface area contributed by atoms with Crippen molar-refractivity contribution in [3.05, 3.63) is 40.3 Å². The summed E-state index contributed by atoms with van der Waals surface area (Å²) in [5, 5.41) is 7.10. The molecule has 21 heavy (non-hydrogen) atoms. The van der Waals surface area contributed by atoms with Gasteiger partial charge in [-0.1, -0.05) is 6.92 Å². The molecule has 0 radical (unpaired) electrons. The summed E-state index contributed by atoms with van der Waals surface area (Å²) in [6.45, 7) is 6.63. The van der Waals surface area contributed by atoms with Crippen LogP contribution < -0.4 is 10.0 Å². The Morgan fingerprint density at radius 3 is 2.71 bits per heavy atom. The van der Waals surface area contributed by atoms with Crippen molar-refractivity contribution in [2.24, 2.45) is 0 Å². The van der Waals surface area contributed by atoms with Crippen LogP contribution in [0.4, 0.5) is 0 Å². The van der Waals surface area contributed by atoms with Crippen molar-refractivity contribution in [1.82, 2.24) is 14.6 Å². The normalized spacial score (nSPS) is 11.9. The Hall–Kier alpha value is -1.15. The molecule has 0 aliphatic heterocycles. The van der Waals surface area contributed by atoms with E-state index < -0.39 is 10.0 Å². The number of thiophene rings is 1. The highest BCUT2D eigenvalue weighted by Gasteiger charge is 2.17. The Bertz CT molecular complexity index is 660. The zero-order chi connectivity index (χ0) is 15.3. The molecular formula is C14H21N3O2S2. The Balaban J connectivity index is 2.13. The summed E-state index contributed by atoms with van der Waals surface area (Å²) >= 11 is 1.56. The molecule has 7 heteroatoms. The summed E-state index contributed by atoms with van der Waals surface area (Å²) in [6.07, 6.45) is 1.70. The van der Waals surface area contributed by atoms with Crippen molar-refractivity contribution in [1.29, 1.82) is 0 Å². The molecule has 116 valence electrons. The first-order chi connectivity index (χ1) is 10.1. The number of nitrogens with zero attached hydrogens (tertiary/aromatic N) is 1. The summed E-state index contributed by atoms with van der Waals surface area (Å²) in [4.78, 5) is 0.326. The van der Waals surface area contributed by atoms with Crippen molar-refractivity contribution in [3.8, 4) is 0 Å². The number of aryl methyl sites for hydroxylation is 1. The number of sulfonamides is 1. The second-order valence-corrected chi connectivity index (χ2v) is 7.24. The summed E-state index contributed by atoms with van der Waals surface area (Å²) in [5.41, 5.74) is 1.96. The van der Waals surface area contributed by atoms with Gasteiger partial charge in [-0.15, -0.1) is 0 Å². The van der Waals surface area contributed by atoms with E-state index in [0.717, 1.165) is 24.3 Å². The van der Waals surface area contributed by atoms with E-state index in [-0.39, 0.29) is 0 Å². The molecule has 0 aliphatic rings. The minimum Gasteiger partial charge on any atom is -0.349 e. The number of rotatable bonds is 8. The molecule has 0 spiro atoms. The third kappa shape index (κ3) is 4.16. The SMILES string of the molecule is CCNCc1cc(S(=O)(=O)NCc2ccsc2)cn1CC. The fraction of sp³-hybridized carbons (Fsp3) is 0.429. The standard InChI is InChI=1S/C14H21N3O2S2/c1-3-15-9-13-7-14(10-17(13)4-2)21(18,19)16-8-12-5-6-20-11-12/h5-7,10-11,15-16H,3-4,8-9H2,1-2H3. The molecule has 2 heterocycles. The number of hydrogen-bond acceptors (Lipinski definition) is 4. The largest absolute Gasteiger partial charge is 0.349 e. The summed E-state index contributed by atoms with van der Waals surface area (Å²) in [5.74, 6) is 0. The van der Waals surface area contributed by atoms with Crippen LogP contribution in [0.1, 0.15) is 25.1 Å². The molecule has 5 nitrogen and oxygen atoms in total. The Labute approximate surface area is 130 Å². The van der Waals surface area contributed by atoms with Gasteiger partial charge in [0.1, 0.15) is 0 Å². The first-order valence-electron chi connectivity index (χ1n) is 6.97. The zero-order valence-electron chi connectivity index (χ0n) is 12.3. The molecule has 2 rings (SSSR count). The monoisotopic (exact) mass is 327 g/mol. The van der Waals surface area contributed by atoms with Crippen LogP contribution in [0.3, 0.4) is 0 Å². The lowest BCUT2D eigenvalue weighted by Gasteiger charge is -2.05. The molecule has 0 aliphatic carbocycles. The van der Waals surface area contributed by atoms with Crippen LogP contribution in [0.25, 0.3) is 0 Å². The average molecular weight is 327 g/mol. The van der Waals surface area contributed by atoms with E-state index in [2.05, 4.69) is 10.0 Å². The van der Waals surface area contributed by atoms with Gasteiger partial charge in [-0.2, -0.15) is 11.3 Å². The van der Waals surface area contributed by atoms with Gasteiger partial charge in [0.05, 0.1) is 4.90 Å². The van der Waals surface area contributed by atoms with Crippen LogP contribution in [0, 0.1) is 0 Å². The molecule has 0 amide bonds. The van der Waals surface area contributed by atoms with Crippen molar-refractivity contribution in [3.63, 3.8) is 0 Å². The molecular weight excluding hydrogens is 306 g/mol. The Morgan fingerprint density at radius 2 is 2.10 bits per heavy atom. The number of aromatic nitrogens is 1. The lowest BCUT2D eigenvalue weighted by Crippen LogP contribution is -2.22. The van der Waals surface area contributed by atoms with Crippen LogP contribution in [-0.4, -0.2) is 19.5 Å². The van der Waals surface area contributed by atoms with E-state index in [9.17, 15) is 8.42 Å². The van der Waals surface area contributed by atoms with Gasteiger partial charge in [0.25, 0.3) is 0 Å². The highest BCUT2D eigenvalue weighted by atomic mass is 32.2. The summed E-state index contributed by atoms with van der Waals surface area (Å²) < 4.78 is 29.3. The van der Waals surface area contributed by atoms with Crippen molar-refractivity contribution < 1.29 is 8.42 Å². The van der Waals surface area contributed by atoms with Crippen LogP contribution in [-0.2, 0) is 29.7 Å². The van der Waals surface area contributed by atoms with Crippen molar-refractivity contribution in [2.45, 2.75) is 38.4 Å². The minimum atomic E-state index is -3.47. The average Bonchev–Trinajstić information content (AvgIpc) is 3.12. The Kier molecular flexibility index (Phi) is 5.58. The molecule has 0 unspecified atom stereocenters. The van der Waals surface area contributed by atoms with Crippen LogP contribution in [0.5, 0.6) is 0 Å². The first-order valence-corrected chi connectivity index (χ1v) is 9.40. The topological polar surface area (TPSA) is 63.1 Å². The fourth-order valence-corrected chi connectivity index (χ4v) is 3.77. The predicted molar refractivity (Wildman–Crippen MR) is 85.8 cm³/mol. The maximum Gasteiger partial charge on any atom is 0.242 e. The zero-order valence-corrected chi connectivity index (χ0v) is 13.9. The first kappa shape index (κ1) is 16.2. The van der Waals surface area contributed by atoms with Gasteiger partial charge >= 0.3 is 0 Å². The molecule has 2 N–H and O–H groups in total. The van der Waals surface area contributed by atoms with E-state index >= 15 is 0 Å². The van der Waals surface area contributed by atoms with Gasteiger partial charge in [0.2, 0.25) is 10.0 Å². The van der Waals surface area contributed by atoms with Gasteiger partial charge in [-0.25, -0.2) is 13.1 Å². The molecule has 0 aromatic carbocycles. The molecule has 2 aromatic heterocycles. The lowest BCUT2D eigenvalue weighted by molar-refractivity contribution is 0.581. The second kappa shape index (κ2) is 7.22. The maximum atomic E-state index is 12.3. The number of nitrogens with one attached hydrogen (secondary N) is 2. The van der Waals surface area contributed by atoms with Crippen LogP contribution in [0.2, 0.25) is 0 Å². The van der Waals surface area contributed by atoms with Crippen molar-refractivity contribution >= 4 is 21.4 Å². The van der Waals surface area contributed by atoms with E-state index in [0.29, 0.717) is 18.0 Å². The third-order valence-electron chi connectivity index (χ3n) is 3.21. The van der Waals surface area contributed by atoms with Crippen molar-refractivity contribution in [2.75, 3.05) is 6.54 Å². The second-order valence-electron chi connectivity index (χ2n) is 4.69. The molecule has 0 saturated carbocycles. The van der Waals surface area contributed by atoms with Crippen LogP contribution in [0.15, 0.2) is 34.0 Å². The molecule has 0 bridgehead atoms. The van der Waals surface area contributed by atoms with Crippen LogP contribution >= 0.6 is 11.3 Å². The minimum absolute atomic E-state index is 0.325. The molecule has 0 saturated heterocycles. The highest BCUT2D eigenvalue weighted by Crippen LogP contribution is 2.15. The predicted octanol–water partition coefficient (Wildman–Crippen LogP) is 2.16. The third-order valence-corrected chi connectivity index (χ3v) is 5.31. The molecule has 0 atom stereocenters. The quantitative estimate of drug-likeness (QED) is 0.781. The molecule has 0 fully saturated rings. The highest BCUT2D eigenvalue weighted by molar-refractivity contribution is 7.89. The van der Waals surface area contributed by atoms with Gasteiger partial charge in [0.15, 0.2) is 0 Å².